The van der Waals surface area contributed by atoms with Crippen LogP contribution in [0, 0.1) is 0 Å². The molecule has 3 heterocycles. The predicted molar refractivity (Wildman–Crippen MR) is 77.9 cm³/mol. The van der Waals surface area contributed by atoms with Gasteiger partial charge in [0.15, 0.2) is 0 Å². The molecule has 20 heavy (non-hydrogen) atoms. The number of likely N-dealkylation sites (tertiary alicyclic amines) is 1. The smallest absolute Gasteiger partial charge is 0.0741 e. The van der Waals surface area contributed by atoms with Gasteiger partial charge in [0.1, 0.15) is 0 Å². The normalized spacial score (nSPS) is 38.4. The van der Waals surface area contributed by atoms with Gasteiger partial charge in [0.05, 0.1) is 5.60 Å². The van der Waals surface area contributed by atoms with Crippen molar-refractivity contribution in [3.8, 4) is 0 Å². The monoisotopic (exact) mass is 280 g/mol. The summed E-state index contributed by atoms with van der Waals surface area (Å²) in [6.45, 7) is 5.27. The summed E-state index contributed by atoms with van der Waals surface area (Å²) in [5.74, 6) is 0. The molecule has 1 aliphatic carbocycles. The second-order valence-electron chi connectivity index (χ2n) is 7.21. The van der Waals surface area contributed by atoms with Gasteiger partial charge in [-0.05, 0) is 44.9 Å². The zero-order valence-corrected chi connectivity index (χ0v) is 12.5. The summed E-state index contributed by atoms with van der Waals surface area (Å²) in [7, 11) is 0. The summed E-state index contributed by atoms with van der Waals surface area (Å²) in [5, 5.41) is 3.94. The van der Waals surface area contributed by atoms with Crippen molar-refractivity contribution in [1.29, 1.82) is 0 Å². The summed E-state index contributed by atoms with van der Waals surface area (Å²) in [6.07, 6.45) is 8.76. The number of rotatable bonds is 3. The van der Waals surface area contributed by atoms with Gasteiger partial charge in [-0.15, -0.1) is 0 Å². The highest BCUT2D eigenvalue weighted by molar-refractivity contribution is 4.96. The van der Waals surface area contributed by atoms with Crippen LogP contribution in [0.25, 0.3) is 0 Å². The van der Waals surface area contributed by atoms with Crippen LogP contribution < -0.4 is 5.32 Å². The molecule has 4 heteroatoms. The summed E-state index contributed by atoms with van der Waals surface area (Å²) in [6, 6.07) is 2.31. The van der Waals surface area contributed by atoms with E-state index < -0.39 is 0 Å². The van der Waals surface area contributed by atoms with Crippen LogP contribution in [0.15, 0.2) is 0 Å². The van der Waals surface area contributed by atoms with Gasteiger partial charge in [0, 0.05) is 51.0 Å². The lowest BCUT2D eigenvalue weighted by molar-refractivity contribution is -0.140. The van der Waals surface area contributed by atoms with Crippen LogP contribution in [0.3, 0.4) is 0 Å². The average Bonchev–Trinajstić information content (AvgIpc) is 3.21. The fraction of sp³-hybridized carbons (Fsp3) is 1.00. The zero-order chi connectivity index (χ0) is 13.4. The standard InChI is InChI=1S/C16H28N2O2/c1-2-15(1)18-7-3-14(12-18)17-13-4-8-20-16(11-13)5-9-19-10-6-16/h13-15,17H,1-12H2. The minimum atomic E-state index is 0.128. The number of hydrogen-bond acceptors (Lipinski definition) is 4. The number of ether oxygens (including phenoxy) is 2. The van der Waals surface area contributed by atoms with E-state index in [1.165, 1.54) is 45.2 Å². The summed E-state index contributed by atoms with van der Waals surface area (Å²) in [5.41, 5.74) is 0.128. The minimum absolute atomic E-state index is 0.128. The molecule has 4 aliphatic rings. The van der Waals surface area contributed by atoms with E-state index in [4.69, 9.17) is 9.47 Å². The quantitative estimate of drug-likeness (QED) is 0.850. The van der Waals surface area contributed by atoms with Gasteiger partial charge >= 0.3 is 0 Å². The first-order valence-electron chi connectivity index (χ1n) is 8.55. The molecule has 2 unspecified atom stereocenters. The lowest BCUT2D eigenvalue weighted by Gasteiger charge is -2.44. The average molecular weight is 280 g/mol. The third-order valence-electron chi connectivity index (χ3n) is 5.65. The van der Waals surface area contributed by atoms with E-state index in [1.54, 1.807) is 0 Å². The molecule has 4 rings (SSSR count). The molecule has 3 saturated heterocycles. The van der Waals surface area contributed by atoms with Crippen molar-refractivity contribution in [3.05, 3.63) is 0 Å². The molecule has 0 amide bonds. The molecule has 3 aliphatic heterocycles. The highest BCUT2D eigenvalue weighted by Crippen LogP contribution is 2.35. The molecule has 1 saturated carbocycles. The van der Waals surface area contributed by atoms with E-state index in [0.717, 1.165) is 44.7 Å². The second kappa shape index (κ2) is 5.56. The van der Waals surface area contributed by atoms with Crippen LogP contribution in [-0.4, -0.2) is 61.5 Å². The molecule has 0 bridgehead atoms. The highest BCUT2D eigenvalue weighted by Gasteiger charge is 2.40. The maximum Gasteiger partial charge on any atom is 0.0741 e. The van der Waals surface area contributed by atoms with Gasteiger partial charge in [-0.3, -0.25) is 4.90 Å². The van der Waals surface area contributed by atoms with Crippen LogP contribution in [0.1, 0.15) is 44.9 Å². The number of nitrogens with one attached hydrogen (secondary N) is 1. The van der Waals surface area contributed by atoms with Crippen molar-refractivity contribution in [2.75, 3.05) is 32.9 Å². The molecular formula is C16H28N2O2. The Bertz CT molecular complexity index is 334. The fourth-order valence-corrected chi connectivity index (χ4v) is 4.29. The van der Waals surface area contributed by atoms with Gasteiger partial charge in [0.25, 0.3) is 0 Å². The van der Waals surface area contributed by atoms with Crippen molar-refractivity contribution < 1.29 is 9.47 Å². The Morgan fingerprint density at radius 3 is 2.60 bits per heavy atom. The first-order valence-corrected chi connectivity index (χ1v) is 8.55. The molecule has 4 nitrogen and oxygen atoms in total. The Kier molecular flexibility index (Phi) is 3.75. The van der Waals surface area contributed by atoms with Crippen LogP contribution in [0.2, 0.25) is 0 Å². The van der Waals surface area contributed by atoms with Crippen LogP contribution in [0.5, 0.6) is 0 Å². The number of hydrogen-bond donors (Lipinski definition) is 1. The molecule has 4 fully saturated rings. The predicted octanol–water partition coefficient (Wildman–Crippen LogP) is 1.54. The van der Waals surface area contributed by atoms with Crippen LogP contribution in [0.4, 0.5) is 0 Å². The lowest BCUT2D eigenvalue weighted by Crippen LogP contribution is -2.52. The second-order valence-corrected chi connectivity index (χ2v) is 7.21. The molecule has 1 N–H and O–H groups in total. The highest BCUT2D eigenvalue weighted by atomic mass is 16.5. The first-order chi connectivity index (χ1) is 9.83. The molecule has 2 atom stereocenters. The fourth-order valence-electron chi connectivity index (χ4n) is 4.29. The third kappa shape index (κ3) is 2.89. The molecule has 0 radical (unpaired) electrons. The van der Waals surface area contributed by atoms with E-state index >= 15 is 0 Å². The summed E-state index contributed by atoms with van der Waals surface area (Å²) >= 11 is 0. The van der Waals surface area contributed by atoms with Crippen LogP contribution >= 0.6 is 0 Å². The molecule has 114 valence electrons. The SMILES string of the molecule is C1CC2(CCO1)CC(NC1CCN(C3CC3)C1)CCO2. The first kappa shape index (κ1) is 13.5. The van der Waals surface area contributed by atoms with Gasteiger partial charge < -0.3 is 14.8 Å². The third-order valence-corrected chi connectivity index (χ3v) is 5.65. The van der Waals surface area contributed by atoms with E-state index in [-0.39, 0.29) is 5.60 Å². The molecule has 0 aromatic heterocycles. The van der Waals surface area contributed by atoms with E-state index in [2.05, 4.69) is 10.2 Å². The largest absolute Gasteiger partial charge is 0.381 e. The van der Waals surface area contributed by atoms with Gasteiger partial charge in [-0.1, -0.05) is 0 Å². The lowest BCUT2D eigenvalue weighted by atomic mass is 9.84. The van der Waals surface area contributed by atoms with Crippen molar-refractivity contribution in [2.24, 2.45) is 0 Å². The Hall–Kier alpha value is -0.160. The maximum atomic E-state index is 6.14. The summed E-state index contributed by atoms with van der Waals surface area (Å²) in [4.78, 5) is 2.70. The molecular weight excluding hydrogens is 252 g/mol. The number of nitrogens with zero attached hydrogens (tertiary/aromatic N) is 1. The Balaban J connectivity index is 1.30. The van der Waals surface area contributed by atoms with Crippen LogP contribution in [-0.2, 0) is 9.47 Å². The Morgan fingerprint density at radius 2 is 1.80 bits per heavy atom. The molecule has 0 aromatic rings. The zero-order valence-electron chi connectivity index (χ0n) is 12.5. The van der Waals surface area contributed by atoms with Gasteiger partial charge in [-0.2, -0.15) is 0 Å². The van der Waals surface area contributed by atoms with Crippen molar-refractivity contribution in [2.45, 2.75) is 68.7 Å². The van der Waals surface area contributed by atoms with E-state index in [1.807, 2.05) is 0 Å². The van der Waals surface area contributed by atoms with Crippen molar-refractivity contribution in [1.82, 2.24) is 10.2 Å². The minimum Gasteiger partial charge on any atom is -0.381 e. The molecule has 0 aromatic carbocycles. The van der Waals surface area contributed by atoms with E-state index in [0.29, 0.717) is 6.04 Å². The van der Waals surface area contributed by atoms with Crippen molar-refractivity contribution >= 4 is 0 Å². The Labute approximate surface area is 122 Å². The maximum absolute atomic E-state index is 6.14. The van der Waals surface area contributed by atoms with Gasteiger partial charge in [0.2, 0.25) is 0 Å². The Morgan fingerprint density at radius 1 is 0.950 bits per heavy atom. The topological polar surface area (TPSA) is 33.7 Å². The van der Waals surface area contributed by atoms with Gasteiger partial charge in [-0.25, -0.2) is 0 Å². The molecule has 1 spiro atoms. The van der Waals surface area contributed by atoms with Crippen molar-refractivity contribution in [3.63, 3.8) is 0 Å². The van der Waals surface area contributed by atoms with E-state index in [9.17, 15) is 0 Å². The summed E-state index contributed by atoms with van der Waals surface area (Å²) < 4.78 is 11.6.